The van der Waals surface area contributed by atoms with Crippen molar-refractivity contribution < 1.29 is 8.42 Å². The van der Waals surface area contributed by atoms with E-state index in [-0.39, 0.29) is 4.90 Å². The molecule has 5 nitrogen and oxygen atoms in total. The Bertz CT molecular complexity index is 545. The van der Waals surface area contributed by atoms with Crippen molar-refractivity contribution >= 4 is 26.0 Å². The number of hydrogen-bond acceptors (Lipinski definition) is 4. The van der Waals surface area contributed by atoms with E-state index >= 15 is 0 Å². The average Bonchev–Trinajstić information content (AvgIpc) is 2.45. The summed E-state index contributed by atoms with van der Waals surface area (Å²) in [4.78, 5) is 2.46. The second-order valence-corrected chi connectivity index (χ2v) is 7.31. The molecular weight excluding hydrogens is 354 g/mol. The monoisotopic (exact) mass is 377 g/mol. The summed E-state index contributed by atoms with van der Waals surface area (Å²) in [6, 6.07) is 5.36. The van der Waals surface area contributed by atoms with E-state index in [2.05, 4.69) is 44.7 Å². The van der Waals surface area contributed by atoms with Crippen molar-refractivity contribution in [3.05, 3.63) is 28.2 Å². The van der Waals surface area contributed by atoms with Gasteiger partial charge in [0, 0.05) is 24.1 Å². The van der Waals surface area contributed by atoms with Gasteiger partial charge in [0.05, 0.1) is 4.90 Å². The van der Waals surface area contributed by atoms with E-state index in [0.717, 1.165) is 18.7 Å². The molecule has 0 spiro atoms. The van der Waals surface area contributed by atoms with Crippen LogP contribution in [0.15, 0.2) is 27.6 Å². The molecule has 0 aliphatic heterocycles. The number of hydrogen-bond donors (Lipinski definition) is 2. The number of nitrogens with zero attached hydrogens (tertiary/aromatic N) is 1. The number of halogens is 1. The van der Waals surface area contributed by atoms with E-state index in [1.54, 1.807) is 12.1 Å². The van der Waals surface area contributed by atoms with Gasteiger partial charge in [0.25, 0.3) is 0 Å². The zero-order valence-corrected chi connectivity index (χ0v) is 15.2. The van der Waals surface area contributed by atoms with E-state index in [4.69, 9.17) is 0 Å². The van der Waals surface area contributed by atoms with Gasteiger partial charge in [0.15, 0.2) is 0 Å². The van der Waals surface area contributed by atoms with Crippen molar-refractivity contribution in [1.82, 2.24) is 14.9 Å². The van der Waals surface area contributed by atoms with E-state index in [1.807, 2.05) is 13.1 Å². The van der Waals surface area contributed by atoms with Gasteiger partial charge in [-0.15, -0.1) is 0 Å². The van der Waals surface area contributed by atoms with Gasteiger partial charge in [-0.05, 0) is 53.8 Å². The maximum Gasteiger partial charge on any atom is 0.241 e. The summed E-state index contributed by atoms with van der Waals surface area (Å²) < 4.78 is 28.0. The van der Waals surface area contributed by atoms with E-state index in [1.165, 1.54) is 0 Å². The second-order valence-electron chi connectivity index (χ2n) is 4.72. The number of sulfonamides is 1. The maximum atomic E-state index is 12.4. The average molecular weight is 378 g/mol. The molecule has 0 saturated carbocycles. The highest BCUT2D eigenvalue weighted by molar-refractivity contribution is 9.10. The van der Waals surface area contributed by atoms with Crippen LogP contribution in [0.1, 0.15) is 19.4 Å². The molecule has 0 amide bonds. The fourth-order valence-corrected chi connectivity index (χ4v) is 4.06. The Morgan fingerprint density at radius 1 is 1.24 bits per heavy atom. The van der Waals surface area contributed by atoms with Gasteiger partial charge in [-0.2, -0.15) is 0 Å². The lowest BCUT2D eigenvalue weighted by Crippen LogP contribution is -2.35. The summed E-state index contributed by atoms with van der Waals surface area (Å²) in [6.45, 7) is 7.72. The van der Waals surface area contributed by atoms with Crippen LogP contribution in [-0.2, 0) is 16.6 Å². The molecule has 21 heavy (non-hydrogen) atoms. The molecule has 0 heterocycles. The maximum absolute atomic E-state index is 12.4. The number of benzene rings is 1. The molecule has 2 N–H and O–H groups in total. The Hall–Kier alpha value is -0.470. The molecule has 0 aliphatic rings. The van der Waals surface area contributed by atoms with Crippen molar-refractivity contribution in [3.63, 3.8) is 0 Å². The Balaban J connectivity index is 2.80. The Morgan fingerprint density at radius 3 is 2.48 bits per heavy atom. The predicted molar refractivity (Wildman–Crippen MR) is 89.9 cm³/mol. The zero-order chi connectivity index (χ0) is 15.9. The third-order valence-electron chi connectivity index (χ3n) is 3.28. The molecule has 0 aliphatic carbocycles. The van der Waals surface area contributed by atoms with Crippen LogP contribution < -0.4 is 10.0 Å². The molecule has 0 unspecified atom stereocenters. The molecule has 1 aromatic carbocycles. The van der Waals surface area contributed by atoms with Crippen molar-refractivity contribution in [3.8, 4) is 0 Å². The molecule has 1 aromatic rings. The summed E-state index contributed by atoms with van der Waals surface area (Å²) in [6.07, 6.45) is 0. The molecule has 120 valence electrons. The predicted octanol–water partition coefficient (Wildman–Crippen LogP) is 1.79. The third-order valence-corrected chi connectivity index (χ3v) is 5.74. The lowest BCUT2D eigenvalue weighted by Gasteiger charge is -2.18. The highest BCUT2D eigenvalue weighted by Crippen LogP contribution is 2.23. The fraction of sp³-hybridized carbons (Fsp3) is 0.571. The third kappa shape index (κ3) is 5.67. The van der Waals surface area contributed by atoms with Gasteiger partial charge < -0.3 is 10.2 Å². The lowest BCUT2D eigenvalue weighted by atomic mass is 10.2. The largest absolute Gasteiger partial charge is 0.316 e. The lowest BCUT2D eigenvalue weighted by molar-refractivity contribution is 0.309. The molecule has 0 radical (unpaired) electrons. The minimum Gasteiger partial charge on any atom is -0.316 e. The summed E-state index contributed by atoms with van der Waals surface area (Å²) in [5.74, 6) is 0. The zero-order valence-electron chi connectivity index (χ0n) is 12.8. The molecule has 0 bridgehead atoms. The van der Waals surface area contributed by atoms with Gasteiger partial charge in [0.2, 0.25) is 10.0 Å². The number of nitrogens with one attached hydrogen (secondary N) is 2. The van der Waals surface area contributed by atoms with Crippen molar-refractivity contribution in [2.45, 2.75) is 25.3 Å². The Morgan fingerprint density at radius 2 is 1.90 bits per heavy atom. The van der Waals surface area contributed by atoms with Gasteiger partial charge in [-0.25, -0.2) is 13.1 Å². The molecular formula is C14H24BrN3O2S. The van der Waals surface area contributed by atoms with Gasteiger partial charge in [-0.1, -0.05) is 19.9 Å². The first-order chi connectivity index (χ1) is 9.94. The quantitative estimate of drug-likeness (QED) is 0.688. The van der Waals surface area contributed by atoms with Gasteiger partial charge in [-0.3, -0.25) is 0 Å². The van der Waals surface area contributed by atoms with E-state index in [0.29, 0.717) is 24.1 Å². The fourth-order valence-electron chi connectivity index (χ4n) is 2.02. The Labute approximate surface area is 136 Å². The first kappa shape index (κ1) is 18.6. The van der Waals surface area contributed by atoms with Crippen LogP contribution in [0.25, 0.3) is 0 Å². The molecule has 0 fully saturated rings. The Kier molecular flexibility index (Phi) is 7.83. The molecule has 7 heteroatoms. The second kappa shape index (κ2) is 8.85. The smallest absolute Gasteiger partial charge is 0.241 e. The standard InChI is InChI=1S/C14H24BrN3O2S/c1-4-18(5-2)9-8-17-21(19,20)14-10-12(11-16-3)6-7-13(14)15/h6-7,10,16-17H,4-5,8-9,11H2,1-3H3. The molecule has 0 saturated heterocycles. The molecule has 0 aromatic heterocycles. The van der Waals surface area contributed by atoms with Crippen molar-refractivity contribution in [1.29, 1.82) is 0 Å². The minimum atomic E-state index is -3.50. The van der Waals surface area contributed by atoms with Crippen molar-refractivity contribution in [2.24, 2.45) is 0 Å². The van der Waals surface area contributed by atoms with Gasteiger partial charge in [0.1, 0.15) is 0 Å². The normalized spacial score (nSPS) is 12.0. The minimum absolute atomic E-state index is 0.287. The summed E-state index contributed by atoms with van der Waals surface area (Å²) in [7, 11) is -1.66. The van der Waals surface area contributed by atoms with Gasteiger partial charge >= 0.3 is 0 Å². The molecule has 1 rings (SSSR count). The topological polar surface area (TPSA) is 61.4 Å². The highest BCUT2D eigenvalue weighted by atomic mass is 79.9. The van der Waals surface area contributed by atoms with Crippen LogP contribution in [0.4, 0.5) is 0 Å². The SMILES string of the molecule is CCN(CC)CCNS(=O)(=O)c1cc(CNC)ccc1Br. The number of rotatable bonds is 9. The van der Waals surface area contributed by atoms with Crippen LogP contribution in [-0.4, -0.2) is 46.5 Å². The first-order valence-electron chi connectivity index (χ1n) is 7.09. The van der Waals surface area contributed by atoms with E-state index in [9.17, 15) is 8.42 Å². The summed E-state index contributed by atoms with van der Waals surface area (Å²) in [5.41, 5.74) is 0.935. The van der Waals surface area contributed by atoms with Crippen LogP contribution in [0, 0.1) is 0 Å². The number of likely N-dealkylation sites (N-methyl/N-ethyl adjacent to an activating group) is 1. The van der Waals surface area contributed by atoms with Crippen molar-refractivity contribution in [2.75, 3.05) is 33.2 Å². The highest BCUT2D eigenvalue weighted by Gasteiger charge is 2.18. The van der Waals surface area contributed by atoms with Crippen LogP contribution in [0.5, 0.6) is 0 Å². The van der Waals surface area contributed by atoms with Crippen LogP contribution in [0.2, 0.25) is 0 Å². The molecule has 0 atom stereocenters. The first-order valence-corrected chi connectivity index (χ1v) is 9.37. The van der Waals surface area contributed by atoms with E-state index < -0.39 is 10.0 Å². The van der Waals surface area contributed by atoms with Crippen LogP contribution >= 0.6 is 15.9 Å². The summed E-state index contributed by atoms with van der Waals surface area (Å²) >= 11 is 3.32. The summed E-state index contributed by atoms with van der Waals surface area (Å²) in [5, 5.41) is 3.02. The van der Waals surface area contributed by atoms with Crippen LogP contribution in [0.3, 0.4) is 0 Å².